The van der Waals surface area contributed by atoms with Crippen LogP contribution in [0.5, 0.6) is 0 Å². The Bertz CT molecular complexity index is 1290. The van der Waals surface area contributed by atoms with Gasteiger partial charge in [-0.1, -0.05) is 11.6 Å². The van der Waals surface area contributed by atoms with Crippen molar-refractivity contribution in [3.63, 3.8) is 0 Å². The van der Waals surface area contributed by atoms with Gasteiger partial charge in [0.2, 0.25) is 5.91 Å². The Labute approximate surface area is 203 Å². The summed E-state index contributed by atoms with van der Waals surface area (Å²) in [7, 11) is 1.73. The van der Waals surface area contributed by atoms with Crippen LogP contribution in [0.1, 0.15) is 66.2 Å². The predicted octanol–water partition coefficient (Wildman–Crippen LogP) is 4.14. The zero-order valence-corrected chi connectivity index (χ0v) is 20.2. The van der Waals surface area contributed by atoms with Gasteiger partial charge in [0.25, 0.3) is 5.91 Å². The first-order chi connectivity index (χ1) is 16.4. The summed E-state index contributed by atoms with van der Waals surface area (Å²) in [5, 5.41) is 16.8. The fourth-order valence-corrected chi connectivity index (χ4v) is 4.12. The highest BCUT2D eigenvalue weighted by molar-refractivity contribution is 6.32. The highest BCUT2D eigenvalue weighted by Gasteiger charge is 2.43. The van der Waals surface area contributed by atoms with Crippen molar-refractivity contribution in [2.75, 3.05) is 10.6 Å². The third kappa shape index (κ3) is 4.64. The van der Waals surface area contributed by atoms with E-state index in [1.54, 1.807) is 25.6 Å². The Hall–Kier alpha value is -3.35. The van der Waals surface area contributed by atoms with Gasteiger partial charge in [-0.05, 0) is 33.6 Å². The average Bonchev–Trinajstić information content (AvgIpc) is 3.34. The zero-order chi connectivity index (χ0) is 25.7. The number of hydrogen-bond acceptors (Lipinski definition) is 5. The molecule has 3 aromatic rings. The molecule has 0 radical (unpaired) electrons. The van der Waals surface area contributed by atoms with E-state index in [2.05, 4.69) is 25.9 Å². The number of carbonyl (C=O) groups is 2. The molecule has 0 aliphatic heterocycles. The molecular weight excluding hydrogens is 489 g/mol. The number of amides is 2. The molecular formula is C21H24ClF3N8O2. The molecule has 2 N–H and O–H groups in total. The van der Waals surface area contributed by atoms with E-state index >= 15 is 0 Å². The van der Waals surface area contributed by atoms with Crippen molar-refractivity contribution in [3.8, 4) is 0 Å². The van der Waals surface area contributed by atoms with Gasteiger partial charge in [0.1, 0.15) is 11.7 Å². The summed E-state index contributed by atoms with van der Waals surface area (Å²) in [6.07, 6.45) is -0.603. The Balaban J connectivity index is 1.61. The van der Waals surface area contributed by atoms with Gasteiger partial charge in [0, 0.05) is 19.5 Å². The van der Waals surface area contributed by atoms with Crippen molar-refractivity contribution in [2.45, 2.75) is 58.3 Å². The summed E-state index contributed by atoms with van der Waals surface area (Å²) in [6.45, 7) is 5.33. The highest BCUT2D eigenvalue weighted by Crippen LogP contribution is 2.47. The topological polar surface area (TPSA) is 112 Å². The molecule has 3 heterocycles. The minimum Gasteiger partial charge on any atom is -0.321 e. The third-order valence-corrected chi connectivity index (χ3v) is 6.33. The molecule has 1 aliphatic carbocycles. The van der Waals surface area contributed by atoms with Crippen molar-refractivity contribution in [1.29, 1.82) is 0 Å². The van der Waals surface area contributed by atoms with E-state index in [1.165, 1.54) is 24.0 Å². The SMILES string of the molecule is CCn1ncc(NC(=O)C(C)n2nc(C(F)(F)F)c(Cl)c2C2CC2)c1C(=O)Nc1cnn(C)c1C. The van der Waals surface area contributed by atoms with E-state index in [9.17, 15) is 22.8 Å². The van der Waals surface area contributed by atoms with Crippen LogP contribution in [0.2, 0.25) is 5.02 Å². The van der Waals surface area contributed by atoms with Gasteiger partial charge in [0.15, 0.2) is 5.69 Å². The number of aryl methyl sites for hydroxylation is 2. The normalized spacial score (nSPS) is 14.7. The second kappa shape index (κ2) is 9.02. The predicted molar refractivity (Wildman–Crippen MR) is 121 cm³/mol. The second-order valence-electron chi connectivity index (χ2n) is 8.37. The number of aromatic nitrogens is 6. The minimum atomic E-state index is -4.75. The number of carbonyl (C=O) groups excluding carboxylic acids is 2. The van der Waals surface area contributed by atoms with Crippen LogP contribution in [0, 0.1) is 6.92 Å². The van der Waals surface area contributed by atoms with E-state index in [0.717, 1.165) is 10.4 Å². The molecule has 1 fully saturated rings. The third-order valence-electron chi connectivity index (χ3n) is 5.96. The molecule has 1 aliphatic rings. The van der Waals surface area contributed by atoms with Crippen molar-refractivity contribution in [2.24, 2.45) is 7.05 Å². The number of alkyl halides is 3. The molecule has 3 aromatic heterocycles. The molecule has 4 rings (SSSR count). The Morgan fingerprint density at radius 1 is 1.20 bits per heavy atom. The van der Waals surface area contributed by atoms with E-state index in [4.69, 9.17) is 11.6 Å². The smallest absolute Gasteiger partial charge is 0.321 e. The first-order valence-corrected chi connectivity index (χ1v) is 11.3. The maximum atomic E-state index is 13.4. The lowest BCUT2D eigenvalue weighted by molar-refractivity contribution is -0.141. The molecule has 0 aromatic carbocycles. The quantitative estimate of drug-likeness (QED) is 0.494. The van der Waals surface area contributed by atoms with Gasteiger partial charge < -0.3 is 10.6 Å². The summed E-state index contributed by atoms with van der Waals surface area (Å²) in [4.78, 5) is 26.1. The standard InChI is InChI=1S/C21H24ClF3N8O2/c1-5-32-17(20(35)28-13-8-26-31(4)10(13)2)14(9-27-32)29-19(34)11(3)33-16(12-6-7-12)15(22)18(30-33)21(23,24)25/h8-9,11-12H,5-7H2,1-4H3,(H,28,35)(H,29,34). The van der Waals surface area contributed by atoms with E-state index in [1.807, 2.05) is 0 Å². The fourth-order valence-electron chi connectivity index (χ4n) is 3.73. The van der Waals surface area contributed by atoms with Gasteiger partial charge in [0.05, 0.1) is 40.2 Å². The number of hydrogen-bond donors (Lipinski definition) is 2. The van der Waals surface area contributed by atoms with E-state index in [-0.39, 0.29) is 23.0 Å². The summed E-state index contributed by atoms with van der Waals surface area (Å²) in [5.74, 6) is -1.38. The minimum absolute atomic E-state index is 0.0909. The maximum Gasteiger partial charge on any atom is 0.436 e. The van der Waals surface area contributed by atoms with Crippen molar-refractivity contribution in [1.82, 2.24) is 29.3 Å². The molecule has 10 nitrogen and oxygen atoms in total. The Morgan fingerprint density at radius 2 is 1.86 bits per heavy atom. The number of nitrogens with zero attached hydrogens (tertiary/aromatic N) is 6. The molecule has 35 heavy (non-hydrogen) atoms. The zero-order valence-electron chi connectivity index (χ0n) is 19.4. The lowest BCUT2D eigenvalue weighted by Crippen LogP contribution is -2.27. The Kier molecular flexibility index (Phi) is 6.38. The molecule has 1 unspecified atom stereocenters. The van der Waals surface area contributed by atoms with Gasteiger partial charge in [-0.25, -0.2) is 0 Å². The van der Waals surface area contributed by atoms with Crippen LogP contribution >= 0.6 is 11.6 Å². The van der Waals surface area contributed by atoms with Crippen molar-refractivity contribution >= 4 is 34.8 Å². The van der Waals surface area contributed by atoms with Crippen LogP contribution < -0.4 is 10.6 Å². The molecule has 0 spiro atoms. The second-order valence-corrected chi connectivity index (χ2v) is 8.75. The molecule has 0 bridgehead atoms. The molecule has 188 valence electrons. The number of rotatable bonds is 7. The number of nitrogens with one attached hydrogen (secondary N) is 2. The van der Waals surface area contributed by atoms with Crippen LogP contribution in [0.4, 0.5) is 24.5 Å². The molecule has 2 amide bonds. The molecule has 1 saturated carbocycles. The van der Waals surface area contributed by atoms with Gasteiger partial charge in [-0.2, -0.15) is 28.5 Å². The molecule has 1 atom stereocenters. The molecule has 14 heteroatoms. The summed E-state index contributed by atoms with van der Waals surface area (Å²) < 4.78 is 44.3. The number of halogens is 4. The monoisotopic (exact) mass is 512 g/mol. The van der Waals surface area contributed by atoms with Crippen LogP contribution in [-0.4, -0.2) is 41.2 Å². The van der Waals surface area contributed by atoms with Crippen LogP contribution in [-0.2, 0) is 24.6 Å². The van der Waals surface area contributed by atoms with Crippen LogP contribution in [0.15, 0.2) is 12.4 Å². The van der Waals surface area contributed by atoms with E-state index < -0.39 is 34.7 Å². The Morgan fingerprint density at radius 3 is 2.40 bits per heavy atom. The highest BCUT2D eigenvalue weighted by atomic mass is 35.5. The van der Waals surface area contributed by atoms with E-state index in [0.29, 0.717) is 25.1 Å². The summed E-state index contributed by atoms with van der Waals surface area (Å²) >= 11 is 6.03. The average molecular weight is 513 g/mol. The van der Waals surface area contributed by atoms with Crippen LogP contribution in [0.3, 0.4) is 0 Å². The number of anilines is 2. The van der Waals surface area contributed by atoms with Gasteiger partial charge in [-0.15, -0.1) is 0 Å². The van der Waals surface area contributed by atoms with Gasteiger partial charge in [-0.3, -0.25) is 23.6 Å². The maximum absolute atomic E-state index is 13.4. The summed E-state index contributed by atoms with van der Waals surface area (Å²) in [6, 6.07) is -1.12. The first kappa shape index (κ1) is 24.8. The van der Waals surface area contributed by atoms with Crippen molar-refractivity contribution < 1.29 is 22.8 Å². The molecule has 0 saturated heterocycles. The van der Waals surface area contributed by atoms with Crippen molar-refractivity contribution in [3.05, 3.63) is 40.2 Å². The van der Waals surface area contributed by atoms with Crippen LogP contribution in [0.25, 0.3) is 0 Å². The summed E-state index contributed by atoms with van der Waals surface area (Å²) in [5.41, 5.74) is 0.399. The van der Waals surface area contributed by atoms with Gasteiger partial charge >= 0.3 is 6.18 Å². The first-order valence-electron chi connectivity index (χ1n) is 11.0. The lowest BCUT2D eigenvalue weighted by atomic mass is 10.2. The fraction of sp³-hybridized carbons (Fsp3) is 0.476. The largest absolute Gasteiger partial charge is 0.436 e. The lowest BCUT2D eigenvalue weighted by Gasteiger charge is -2.16.